The molecule has 5 rings (SSSR count). The van der Waals surface area contributed by atoms with E-state index in [0.29, 0.717) is 12.5 Å². The van der Waals surface area contributed by atoms with Gasteiger partial charge in [-0.05, 0) is 56.6 Å². The van der Waals surface area contributed by atoms with Gasteiger partial charge in [0.25, 0.3) is 0 Å². The smallest absolute Gasteiger partial charge is 0.317 e. The molecule has 7 nitrogen and oxygen atoms in total. The van der Waals surface area contributed by atoms with E-state index in [1.165, 1.54) is 24.8 Å². The van der Waals surface area contributed by atoms with Crippen LogP contribution in [0.15, 0.2) is 34.9 Å². The van der Waals surface area contributed by atoms with Gasteiger partial charge in [0, 0.05) is 32.1 Å². The highest BCUT2D eigenvalue weighted by molar-refractivity contribution is 5.74. The van der Waals surface area contributed by atoms with E-state index in [9.17, 15) is 4.79 Å². The number of aromatic nitrogens is 2. The van der Waals surface area contributed by atoms with Crippen molar-refractivity contribution in [1.29, 1.82) is 0 Å². The van der Waals surface area contributed by atoms with Crippen LogP contribution in [0.4, 0.5) is 4.79 Å². The zero-order valence-corrected chi connectivity index (χ0v) is 18.4. The van der Waals surface area contributed by atoms with Gasteiger partial charge in [-0.25, -0.2) is 4.79 Å². The first-order valence-corrected chi connectivity index (χ1v) is 11.7. The molecule has 2 aliphatic heterocycles. The van der Waals surface area contributed by atoms with E-state index in [4.69, 9.17) is 9.51 Å². The Kier molecular flexibility index (Phi) is 5.69. The number of benzene rings is 1. The first kappa shape index (κ1) is 20.5. The fourth-order valence-corrected chi connectivity index (χ4v) is 5.38. The van der Waals surface area contributed by atoms with Crippen LogP contribution >= 0.6 is 0 Å². The summed E-state index contributed by atoms with van der Waals surface area (Å²) in [5.74, 6) is 2.16. The lowest BCUT2D eigenvalue weighted by Crippen LogP contribution is -2.48. The molecule has 3 fully saturated rings. The molecule has 2 amide bonds. The number of nitrogens with one attached hydrogen (secondary N) is 1. The van der Waals surface area contributed by atoms with Gasteiger partial charge >= 0.3 is 6.03 Å². The van der Waals surface area contributed by atoms with E-state index in [2.05, 4.69) is 34.6 Å². The van der Waals surface area contributed by atoms with Gasteiger partial charge < -0.3 is 14.7 Å². The number of likely N-dealkylation sites (tertiary alicyclic amines) is 2. The monoisotopic (exact) mass is 423 g/mol. The highest BCUT2D eigenvalue weighted by atomic mass is 16.5. The predicted octanol–water partition coefficient (Wildman–Crippen LogP) is 3.75. The number of amides is 2. The van der Waals surface area contributed by atoms with Gasteiger partial charge in [-0.15, -0.1) is 0 Å². The molecule has 0 bridgehead atoms. The zero-order chi connectivity index (χ0) is 21.3. The number of carbonyl (C=O) groups is 1. The maximum absolute atomic E-state index is 12.6. The summed E-state index contributed by atoms with van der Waals surface area (Å²) in [6.07, 6.45) is 7.61. The largest absolute Gasteiger partial charge is 0.339 e. The van der Waals surface area contributed by atoms with Crippen LogP contribution in [0.2, 0.25) is 0 Å². The van der Waals surface area contributed by atoms with E-state index in [0.717, 1.165) is 57.0 Å². The lowest BCUT2D eigenvalue weighted by Gasteiger charge is -2.39. The number of piperidine rings is 1. The molecule has 1 N–H and O–H groups in total. The van der Waals surface area contributed by atoms with Crippen molar-refractivity contribution in [3.05, 3.63) is 47.6 Å². The predicted molar refractivity (Wildman–Crippen MR) is 118 cm³/mol. The van der Waals surface area contributed by atoms with Crippen LogP contribution in [0.25, 0.3) is 0 Å². The van der Waals surface area contributed by atoms with E-state index >= 15 is 0 Å². The molecule has 1 spiro atoms. The van der Waals surface area contributed by atoms with Crippen LogP contribution in [0.1, 0.15) is 67.8 Å². The standard InChI is InChI=1S/C24H33N5O2/c1-28-17-24(16-20(28)21-26-22(31-27-21)19-8-5-9-19)11-14-29(15-12-24)23(30)25-13-10-18-6-3-2-4-7-18/h2-4,6-7,19-20H,5,8-17H2,1H3,(H,25,30). The summed E-state index contributed by atoms with van der Waals surface area (Å²) in [6.45, 7) is 3.35. The molecule has 2 saturated heterocycles. The number of urea groups is 1. The van der Waals surface area contributed by atoms with Crippen molar-refractivity contribution in [1.82, 2.24) is 25.3 Å². The Morgan fingerprint density at radius 1 is 1.23 bits per heavy atom. The highest BCUT2D eigenvalue weighted by Crippen LogP contribution is 2.48. The van der Waals surface area contributed by atoms with Gasteiger partial charge in [-0.3, -0.25) is 4.90 Å². The molecule has 1 aromatic carbocycles. The molecule has 0 radical (unpaired) electrons. The van der Waals surface area contributed by atoms with Crippen LogP contribution in [-0.2, 0) is 6.42 Å². The second-order valence-electron chi connectivity index (χ2n) is 9.71. The van der Waals surface area contributed by atoms with Crippen LogP contribution in [0.5, 0.6) is 0 Å². The van der Waals surface area contributed by atoms with E-state index < -0.39 is 0 Å². The minimum atomic E-state index is 0.0667. The third-order valence-corrected chi connectivity index (χ3v) is 7.60. The van der Waals surface area contributed by atoms with Gasteiger partial charge in [0.15, 0.2) is 5.82 Å². The highest BCUT2D eigenvalue weighted by Gasteiger charge is 2.46. The van der Waals surface area contributed by atoms with Crippen LogP contribution < -0.4 is 5.32 Å². The van der Waals surface area contributed by atoms with Crippen molar-refractivity contribution < 1.29 is 9.32 Å². The molecule has 7 heteroatoms. The van der Waals surface area contributed by atoms with Crippen molar-refractivity contribution in [3.8, 4) is 0 Å². The molecule has 1 unspecified atom stereocenters. The van der Waals surface area contributed by atoms with E-state index in [1.807, 2.05) is 23.1 Å². The number of hydrogen-bond acceptors (Lipinski definition) is 5. The van der Waals surface area contributed by atoms with Gasteiger partial charge in [0.05, 0.1) is 6.04 Å². The molecule has 3 heterocycles. The molecular weight excluding hydrogens is 390 g/mol. The van der Waals surface area contributed by atoms with E-state index in [-0.39, 0.29) is 17.5 Å². The Morgan fingerprint density at radius 2 is 2.00 bits per heavy atom. The topological polar surface area (TPSA) is 74.5 Å². The van der Waals surface area contributed by atoms with Crippen molar-refractivity contribution >= 4 is 6.03 Å². The SMILES string of the molecule is CN1CC2(CCN(C(=O)NCCc3ccccc3)CC2)CC1c1noc(C2CCC2)n1. The summed E-state index contributed by atoms with van der Waals surface area (Å²) in [5, 5.41) is 7.42. The summed E-state index contributed by atoms with van der Waals surface area (Å²) < 4.78 is 5.57. The van der Waals surface area contributed by atoms with Crippen molar-refractivity contribution in [3.63, 3.8) is 0 Å². The number of hydrogen-bond donors (Lipinski definition) is 1. The summed E-state index contributed by atoms with van der Waals surface area (Å²) >= 11 is 0. The van der Waals surface area contributed by atoms with Crippen molar-refractivity contribution in [2.75, 3.05) is 33.2 Å². The van der Waals surface area contributed by atoms with Crippen LogP contribution in [-0.4, -0.2) is 59.2 Å². The second-order valence-corrected chi connectivity index (χ2v) is 9.71. The molecule has 1 aliphatic carbocycles. The van der Waals surface area contributed by atoms with Gasteiger partial charge in [-0.2, -0.15) is 4.98 Å². The fourth-order valence-electron chi connectivity index (χ4n) is 5.38. The molecule has 1 saturated carbocycles. The second kappa shape index (κ2) is 8.61. The zero-order valence-electron chi connectivity index (χ0n) is 18.4. The molecular formula is C24H33N5O2. The minimum absolute atomic E-state index is 0.0667. The first-order chi connectivity index (χ1) is 15.1. The van der Waals surface area contributed by atoms with Gasteiger partial charge in [0.2, 0.25) is 5.89 Å². The summed E-state index contributed by atoms with van der Waals surface area (Å²) in [7, 11) is 2.17. The summed E-state index contributed by atoms with van der Waals surface area (Å²) in [4.78, 5) is 21.7. The first-order valence-electron chi connectivity index (χ1n) is 11.7. The van der Waals surface area contributed by atoms with Crippen LogP contribution in [0, 0.1) is 5.41 Å². The Balaban J connectivity index is 1.12. The van der Waals surface area contributed by atoms with Gasteiger partial charge in [-0.1, -0.05) is 41.9 Å². The summed E-state index contributed by atoms with van der Waals surface area (Å²) in [6, 6.07) is 10.6. The minimum Gasteiger partial charge on any atom is -0.339 e. The normalized spacial score (nSPS) is 23.8. The molecule has 1 aromatic heterocycles. The third kappa shape index (κ3) is 4.33. The molecule has 2 aromatic rings. The molecule has 3 aliphatic rings. The molecule has 1 atom stereocenters. The van der Waals surface area contributed by atoms with Crippen molar-refractivity contribution in [2.24, 2.45) is 5.41 Å². The van der Waals surface area contributed by atoms with Crippen molar-refractivity contribution in [2.45, 2.75) is 56.9 Å². The number of carbonyl (C=O) groups excluding carboxylic acids is 1. The Bertz CT molecular complexity index is 886. The fraction of sp³-hybridized carbons (Fsp3) is 0.625. The summed E-state index contributed by atoms with van der Waals surface area (Å²) in [5.41, 5.74) is 1.50. The lowest BCUT2D eigenvalue weighted by atomic mass is 9.76. The van der Waals surface area contributed by atoms with Crippen LogP contribution in [0.3, 0.4) is 0 Å². The Labute approximate surface area is 184 Å². The molecule has 166 valence electrons. The number of nitrogens with zero attached hydrogens (tertiary/aromatic N) is 4. The third-order valence-electron chi connectivity index (χ3n) is 7.60. The number of rotatable bonds is 5. The lowest BCUT2D eigenvalue weighted by molar-refractivity contribution is 0.122. The average molecular weight is 424 g/mol. The Morgan fingerprint density at radius 3 is 2.71 bits per heavy atom. The molecule has 31 heavy (non-hydrogen) atoms. The Hall–Kier alpha value is -2.41. The maximum Gasteiger partial charge on any atom is 0.317 e. The van der Waals surface area contributed by atoms with E-state index in [1.54, 1.807) is 0 Å². The quantitative estimate of drug-likeness (QED) is 0.793. The average Bonchev–Trinajstić information content (AvgIpc) is 3.33. The van der Waals surface area contributed by atoms with Gasteiger partial charge in [0.1, 0.15) is 0 Å². The maximum atomic E-state index is 12.6.